The van der Waals surface area contributed by atoms with Gasteiger partial charge < -0.3 is 10.6 Å². The van der Waals surface area contributed by atoms with Crippen LogP contribution in [0.1, 0.15) is 27.7 Å². The van der Waals surface area contributed by atoms with Crippen molar-refractivity contribution < 1.29 is 9.59 Å². The molecule has 24 heavy (non-hydrogen) atoms. The Balaban J connectivity index is 1.67. The van der Waals surface area contributed by atoms with Crippen molar-refractivity contribution in [1.29, 1.82) is 10.5 Å². The summed E-state index contributed by atoms with van der Waals surface area (Å²) in [6.45, 7) is 7.80. The molecule has 124 valence electrons. The first kappa shape index (κ1) is 14.3. The maximum Gasteiger partial charge on any atom is 0.232 e. The molecule has 6 rings (SSSR count). The zero-order chi connectivity index (χ0) is 17.6. The molecule has 0 bridgehead atoms. The van der Waals surface area contributed by atoms with Gasteiger partial charge in [-0.2, -0.15) is 10.5 Å². The highest BCUT2D eigenvalue weighted by Crippen LogP contribution is 3.18. The molecule has 2 N–H and O–H groups in total. The highest BCUT2D eigenvalue weighted by Gasteiger charge is 3.24. The number of nitrogens with zero attached hydrogens (tertiary/aromatic N) is 3. The summed E-state index contributed by atoms with van der Waals surface area (Å²) in [5.41, 5.74) is 2.51. The monoisotopic (exact) mass is 324 g/mol. The molecule has 6 aliphatic carbocycles. The van der Waals surface area contributed by atoms with Crippen molar-refractivity contribution >= 4 is 11.8 Å². The van der Waals surface area contributed by atoms with Crippen LogP contribution in [-0.4, -0.2) is 28.8 Å². The van der Waals surface area contributed by atoms with Crippen LogP contribution in [0.3, 0.4) is 0 Å². The Labute approximate surface area is 140 Å². The minimum atomic E-state index is -0.951. The van der Waals surface area contributed by atoms with Crippen LogP contribution >= 0.6 is 0 Å². The number of carbonyl (C=O) groups excluding carboxylic acids is 2. The van der Waals surface area contributed by atoms with E-state index in [0.29, 0.717) is 0 Å². The van der Waals surface area contributed by atoms with Gasteiger partial charge in [0.25, 0.3) is 0 Å². The standard InChI is InChI=1S/C18H20N4O2/c1-7(2)22(8(3)4)14(24)18-9-10-15(5-19)11(9)17(18,13(21)23)12(15)16(10,18)6-20/h7-12H,1-4H3,(H2,21,23). The zero-order valence-electron chi connectivity index (χ0n) is 14.2. The summed E-state index contributed by atoms with van der Waals surface area (Å²) in [6, 6.07) is 4.74. The smallest absolute Gasteiger partial charge is 0.232 e. The molecule has 0 aromatic rings. The van der Waals surface area contributed by atoms with E-state index in [1.807, 2.05) is 27.7 Å². The van der Waals surface area contributed by atoms with E-state index in [1.165, 1.54) is 0 Å². The van der Waals surface area contributed by atoms with Crippen LogP contribution < -0.4 is 5.73 Å². The molecule has 2 amide bonds. The van der Waals surface area contributed by atoms with Gasteiger partial charge in [0.15, 0.2) is 0 Å². The molecular formula is C18H20N4O2. The lowest BCUT2D eigenvalue weighted by Gasteiger charge is -3.13. The molecule has 0 saturated heterocycles. The summed E-state index contributed by atoms with van der Waals surface area (Å²) >= 11 is 0. The van der Waals surface area contributed by atoms with Crippen LogP contribution in [0, 0.1) is 68.0 Å². The Morgan fingerprint density at radius 1 is 1.08 bits per heavy atom. The highest BCUT2D eigenvalue weighted by molar-refractivity contribution is 6.07. The number of amides is 2. The lowest BCUT2D eigenvalue weighted by atomic mass is 8.84. The molecule has 8 atom stereocenters. The fraction of sp³-hybridized carbons (Fsp3) is 0.778. The summed E-state index contributed by atoms with van der Waals surface area (Å²) in [5.74, 6) is -1.02. The third-order valence-corrected chi connectivity index (χ3v) is 8.39. The SMILES string of the molecule is CC(C)N(C(=O)C12C3C4C5(C#N)C3C1(C(N)=O)C5C42C#N)C(C)C. The highest BCUT2D eigenvalue weighted by atomic mass is 16.2. The second-order valence-electron chi connectivity index (χ2n) is 8.88. The zero-order valence-corrected chi connectivity index (χ0v) is 14.2. The van der Waals surface area contributed by atoms with Crippen LogP contribution in [0.15, 0.2) is 0 Å². The Morgan fingerprint density at radius 2 is 1.67 bits per heavy atom. The summed E-state index contributed by atoms with van der Waals surface area (Å²) in [4.78, 5) is 27.8. The third-order valence-electron chi connectivity index (χ3n) is 8.39. The topological polar surface area (TPSA) is 111 Å². The van der Waals surface area contributed by atoms with Crippen molar-refractivity contribution in [2.24, 2.45) is 51.1 Å². The van der Waals surface area contributed by atoms with E-state index >= 15 is 0 Å². The second-order valence-corrected chi connectivity index (χ2v) is 8.88. The number of hydrogen-bond donors (Lipinski definition) is 1. The van der Waals surface area contributed by atoms with Gasteiger partial charge in [-0.1, -0.05) is 0 Å². The van der Waals surface area contributed by atoms with Crippen molar-refractivity contribution in [2.45, 2.75) is 39.8 Å². The number of carbonyl (C=O) groups is 2. The van der Waals surface area contributed by atoms with E-state index in [0.717, 1.165) is 0 Å². The predicted molar refractivity (Wildman–Crippen MR) is 81.2 cm³/mol. The maximum atomic E-state index is 13.6. The molecule has 0 aromatic heterocycles. The Bertz CT molecular complexity index is 829. The number of hydrogen-bond acceptors (Lipinski definition) is 4. The van der Waals surface area contributed by atoms with Crippen LogP contribution in [0.25, 0.3) is 0 Å². The minimum absolute atomic E-state index is 0.00167. The average molecular weight is 324 g/mol. The van der Waals surface area contributed by atoms with Crippen molar-refractivity contribution in [1.82, 2.24) is 4.90 Å². The molecule has 0 aromatic carbocycles. The normalized spacial score (nSPS) is 55.7. The molecule has 0 heterocycles. The van der Waals surface area contributed by atoms with Gasteiger partial charge in [0.2, 0.25) is 11.8 Å². The second kappa shape index (κ2) is 3.20. The van der Waals surface area contributed by atoms with Gasteiger partial charge in [-0.3, -0.25) is 9.59 Å². The minimum Gasteiger partial charge on any atom is -0.369 e. The molecule has 8 unspecified atom stereocenters. The van der Waals surface area contributed by atoms with Gasteiger partial charge in [-0.15, -0.1) is 0 Å². The predicted octanol–water partition coefficient (Wildman–Crippen LogP) is 0.643. The maximum absolute atomic E-state index is 13.6. The van der Waals surface area contributed by atoms with Gasteiger partial charge in [0.05, 0.1) is 33.8 Å². The summed E-state index contributed by atoms with van der Waals surface area (Å²) in [5, 5.41) is 19.5. The van der Waals surface area contributed by atoms with E-state index in [-0.39, 0.29) is 41.7 Å². The molecule has 0 radical (unpaired) electrons. The molecule has 6 saturated carbocycles. The summed E-state index contributed by atoms with van der Waals surface area (Å²) in [6.07, 6.45) is 0. The lowest BCUT2D eigenvalue weighted by Crippen LogP contribution is -3.20. The van der Waals surface area contributed by atoms with Gasteiger partial charge in [0.1, 0.15) is 0 Å². The van der Waals surface area contributed by atoms with Crippen LogP contribution in [0.2, 0.25) is 0 Å². The quantitative estimate of drug-likeness (QED) is 0.818. The first-order valence-electron chi connectivity index (χ1n) is 8.67. The Morgan fingerprint density at radius 3 is 2.08 bits per heavy atom. The van der Waals surface area contributed by atoms with Crippen molar-refractivity contribution in [3.05, 3.63) is 0 Å². The number of primary amides is 1. The molecule has 6 heteroatoms. The third kappa shape index (κ3) is 0.686. The van der Waals surface area contributed by atoms with Gasteiger partial charge in [-0.25, -0.2) is 0 Å². The Kier molecular flexibility index (Phi) is 1.90. The van der Waals surface area contributed by atoms with E-state index in [2.05, 4.69) is 12.1 Å². The molecule has 6 nitrogen and oxygen atoms in total. The van der Waals surface area contributed by atoms with E-state index in [9.17, 15) is 20.1 Å². The molecule has 0 spiro atoms. The van der Waals surface area contributed by atoms with Crippen LogP contribution in [0.5, 0.6) is 0 Å². The molecule has 6 fully saturated rings. The van der Waals surface area contributed by atoms with Gasteiger partial charge in [0, 0.05) is 23.9 Å². The van der Waals surface area contributed by atoms with Crippen molar-refractivity contribution in [2.75, 3.05) is 0 Å². The van der Waals surface area contributed by atoms with Crippen LogP contribution in [-0.2, 0) is 9.59 Å². The fourth-order valence-corrected chi connectivity index (χ4v) is 8.57. The summed E-state index contributed by atoms with van der Waals surface area (Å²) < 4.78 is 0. The van der Waals surface area contributed by atoms with Crippen molar-refractivity contribution in [3.63, 3.8) is 0 Å². The van der Waals surface area contributed by atoms with E-state index < -0.39 is 27.6 Å². The van der Waals surface area contributed by atoms with Gasteiger partial charge >= 0.3 is 0 Å². The number of nitriles is 2. The van der Waals surface area contributed by atoms with E-state index in [1.54, 1.807) is 4.90 Å². The van der Waals surface area contributed by atoms with Crippen LogP contribution in [0.4, 0.5) is 0 Å². The number of nitrogens with two attached hydrogens (primary N) is 1. The Hall–Kier alpha value is -2.08. The first-order chi connectivity index (χ1) is 11.2. The average Bonchev–Trinajstić information content (AvgIpc) is 2.51. The first-order valence-corrected chi connectivity index (χ1v) is 8.67. The lowest BCUT2D eigenvalue weighted by molar-refractivity contribution is -0.680. The van der Waals surface area contributed by atoms with Gasteiger partial charge in [-0.05, 0) is 39.5 Å². The fourth-order valence-electron chi connectivity index (χ4n) is 8.57. The largest absolute Gasteiger partial charge is 0.369 e. The molecule has 6 aliphatic rings. The molecule has 0 aliphatic heterocycles. The number of rotatable bonds is 4. The van der Waals surface area contributed by atoms with Crippen molar-refractivity contribution in [3.8, 4) is 12.1 Å². The molecular weight excluding hydrogens is 304 g/mol. The van der Waals surface area contributed by atoms with E-state index in [4.69, 9.17) is 5.73 Å². The summed E-state index contributed by atoms with van der Waals surface area (Å²) in [7, 11) is 0.